The lowest BCUT2D eigenvalue weighted by atomic mass is 10.2. The number of carbonyl (C=O) groups excluding carboxylic acids is 2. The van der Waals surface area contributed by atoms with Crippen LogP contribution in [0.1, 0.15) is 52.4 Å². The van der Waals surface area contributed by atoms with Gasteiger partial charge in [0.05, 0.1) is 13.2 Å². The maximum atomic E-state index is 13.7. The third-order valence-electron chi connectivity index (χ3n) is 2.69. The highest BCUT2D eigenvalue weighted by Crippen LogP contribution is 2.14. The number of ether oxygens (including phenoxy) is 2. The summed E-state index contributed by atoms with van der Waals surface area (Å²) in [5, 5.41) is 0. The van der Waals surface area contributed by atoms with Gasteiger partial charge in [0.25, 0.3) is 0 Å². The molecule has 0 amide bonds. The molecule has 0 bridgehead atoms. The van der Waals surface area contributed by atoms with E-state index in [1.165, 1.54) is 0 Å². The van der Waals surface area contributed by atoms with Crippen LogP contribution in [0.15, 0.2) is 0 Å². The van der Waals surface area contributed by atoms with Gasteiger partial charge in [-0.1, -0.05) is 55.5 Å². The molecular formula is C14H24BrFO4. The summed E-state index contributed by atoms with van der Waals surface area (Å²) in [6, 6.07) is 0. The van der Waals surface area contributed by atoms with Gasteiger partial charge in [-0.05, 0) is 12.8 Å². The molecule has 0 aromatic carbocycles. The summed E-state index contributed by atoms with van der Waals surface area (Å²) in [6.45, 7) is 4.47. The van der Waals surface area contributed by atoms with E-state index in [2.05, 4.69) is 15.9 Å². The Hall–Kier alpha value is -0.650. The van der Waals surface area contributed by atoms with Crippen molar-refractivity contribution in [1.29, 1.82) is 0 Å². The normalized spacial score (nSPS) is 13.6. The molecule has 0 fully saturated rings. The number of hydrogen-bond acceptors (Lipinski definition) is 4. The molecule has 0 saturated carbocycles. The van der Waals surface area contributed by atoms with E-state index < -0.39 is 22.9 Å². The summed E-state index contributed by atoms with van der Waals surface area (Å²) in [4.78, 5) is 21.6. The minimum absolute atomic E-state index is 0.179. The van der Waals surface area contributed by atoms with Gasteiger partial charge in [0, 0.05) is 0 Å². The molecule has 0 aromatic heterocycles. The number of rotatable bonds is 11. The van der Waals surface area contributed by atoms with E-state index in [-0.39, 0.29) is 13.2 Å². The number of halogens is 2. The first-order chi connectivity index (χ1) is 9.54. The van der Waals surface area contributed by atoms with Crippen LogP contribution in [0.4, 0.5) is 4.39 Å². The van der Waals surface area contributed by atoms with E-state index in [0.717, 1.165) is 32.1 Å². The zero-order chi connectivity index (χ0) is 15.4. The third kappa shape index (κ3) is 8.51. The fourth-order valence-electron chi connectivity index (χ4n) is 1.45. The van der Waals surface area contributed by atoms with E-state index in [4.69, 9.17) is 9.47 Å². The molecule has 0 aromatic rings. The van der Waals surface area contributed by atoms with Crippen LogP contribution in [-0.2, 0) is 19.1 Å². The first-order valence-electron chi connectivity index (χ1n) is 7.16. The van der Waals surface area contributed by atoms with Crippen molar-refractivity contribution in [2.75, 3.05) is 13.2 Å². The Morgan fingerprint density at radius 3 is 1.85 bits per heavy atom. The SMILES string of the molecule is CCCCCOC(=O)[C@H](F)[C@@H](Br)C(=O)OCCCCC. The molecule has 0 aliphatic rings. The molecule has 0 aliphatic heterocycles. The summed E-state index contributed by atoms with van der Waals surface area (Å²) in [7, 11) is 0. The largest absolute Gasteiger partial charge is 0.465 e. The summed E-state index contributed by atoms with van der Waals surface area (Å²) >= 11 is 2.85. The van der Waals surface area contributed by atoms with E-state index in [1.807, 2.05) is 13.8 Å². The highest BCUT2D eigenvalue weighted by atomic mass is 79.9. The smallest absolute Gasteiger partial charge is 0.342 e. The first-order valence-corrected chi connectivity index (χ1v) is 8.07. The lowest BCUT2D eigenvalue weighted by Crippen LogP contribution is -2.35. The molecule has 4 nitrogen and oxygen atoms in total. The zero-order valence-corrected chi connectivity index (χ0v) is 13.8. The molecule has 20 heavy (non-hydrogen) atoms. The molecule has 0 unspecified atom stereocenters. The summed E-state index contributed by atoms with van der Waals surface area (Å²) in [5.41, 5.74) is 0. The van der Waals surface area contributed by atoms with Crippen LogP contribution in [-0.4, -0.2) is 36.2 Å². The van der Waals surface area contributed by atoms with Gasteiger partial charge in [-0.3, -0.25) is 4.79 Å². The monoisotopic (exact) mass is 354 g/mol. The van der Waals surface area contributed by atoms with Gasteiger partial charge >= 0.3 is 11.9 Å². The van der Waals surface area contributed by atoms with Crippen molar-refractivity contribution in [2.24, 2.45) is 0 Å². The molecule has 0 N–H and O–H groups in total. The van der Waals surface area contributed by atoms with Crippen molar-refractivity contribution in [1.82, 2.24) is 0 Å². The average molecular weight is 355 g/mol. The second-order valence-electron chi connectivity index (χ2n) is 4.55. The topological polar surface area (TPSA) is 52.6 Å². The van der Waals surface area contributed by atoms with Crippen molar-refractivity contribution >= 4 is 27.9 Å². The minimum atomic E-state index is -2.03. The molecule has 118 valence electrons. The molecule has 0 spiro atoms. The summed E-state index contributed by atoms with van der Waals surface area (Å²) < 4.78 is 23.4. The second-order valence-corrected chi connectivity index (χ2v) is 5.54. The lowest BCUT2D eigenvalue weighted by molar-refractivity contribution is -0.155. The highest BCUT2D eigenvalue weighted by Gasteiger charge is 2.34. The van der Waals surface area contributed by atoms with E-state index in [1.54, 1.807) is 0 Å². The zero-order valence-electron chi connectivity index (χ0n) is 12.2. The fraction of sp³-hybridized carbons (Fsp3) is 0.857. The van der Waals surface area contributed by atoms with Gasteiger partial charge in [0.2, 0.25) is 6.17 Å². The van der Waals surface area contributed by atoms with Crippen molar-refractivity contribution < 1.29 is 23.5 Å². The minimum Gasteiger partial charge on any atom is -0.465 e. The van der Waals surface area contributed by atoms with Crippen molar-refractivity contribution in [3.63, 3.8) is 0 Å². The third-order valence-corrected chi connectivity index (χ3v) is 3.53. The number of esters is 2. The van der Waals surface area contributed by atoms with Crippen LogP contribution in [0.5, 0.6) is 0 Å². The molecule has 0 heterocycles. The van der Waals surface area contributed by atoms with Crippen molar-refractivity contribution in [2.45, 2.75) is 63.4 Å². The van der Waals surface area contributed by atoms with E-state index >= 15 is 0 Å². The van der Waals surface area contributed by atoms with Gasteiger partial charge in [-0.25, -0.2) is 9.18 Å². The Morgan fingerprint density at radius 1 is 0.950 bits per heavy atom. The number of unbranched alkanes of at least 4 members (excludes halogenated alkanes) is 4. The molecule has 6 heteroatoms. The Morgan fingerprint density at radius 2 is 1.40 bits per heavy atom. The molecule has 0 aliphatic carbocycles. The Bertz CT molecular complexity index is 258. The first kappa shape index (κ1) is 19.4. The van der Waals surface area contributed by atoms with Crippen molar-refractivity contribution in [3.8, 4) is 0 Å². The van der Waals surface area contributed by atoms with Gasteiger partial charge in [0.1, 0.15) is 0 Å². The maximum Gasteiger partial charge on any atom is 0.342 e. The van der Waals surface area contributed by atoms with Crippen LogP contribution in [0, 0.1) is 0 Å². The predicted molar refractivity (Wildman–Crippen MR) is 78.6 cm³/mol. The van der Waals surface area contributed by atoms with Gasteiger partial charge < -0.3 is 9.47 Å². The van der Waals surface area contributed by atoms with Gasteiger partial charge in [0.15, 0.2) is 4.83 Å². The second kappa shape index (κ2) is 12.1. The number of alkyl halides is 2. The summed E-state index contributed by atoms with van der Waals surface area (Å²) in [6.07, 6.45) is 3.26. The quantitative estimate of drug-likeness (QED) is 0.323. The average Bonchev–Trinajstić information content (AvgIpc) is 2.46. The van der Waals surface area contributed by atoms with Crippen LogP contribution < -0.4 is 0 Å². The van der Waals surface area contributed by atoms with E-state index in [9.17, 15) is 14.0 Å². The van der Waals surface area contributed by atoms with E-state index in [0.29, 0.717) is 6.42 Å². The maximum absolute atomic E-state index is 13.7. The van der Waals surface area contributed by atoms with Crippen LogP contribution >= 0.6 is 15.9 Å². The molecule has 0 radical (unpaired) electrons. The molecular weight excluding hydrogens is 331 g/mol. The Balaban J connectivity index is 3.95. The van der Waals surface area contributed by atoms with Crippen LogP contribution in [0.25, 0.3) is 0 Å². The predicted octanol–water partition coefficient (Wildman–Crippen LogP) is 3.55. The van der Waals surface area contributed by atoms with Gasteiger partial charge in [-0.15, -0.1) is 0 Å². The molecule has 0 saturated heterocycles. The highest BCUT2D eigenvalue weighted by molar-refractivity contribution is 9.10. The lowest BCUT2D eigenvalue weighted by Gasteiger charge is -2.14. The van der Waals surface area contributed by atoms with Gasteiger partial charge in [-0.2, -0.15) is 0 Å². The Kier molecular flexibility index (Phi) is 11.7. The molecule has 2 atom stereocenters. The fourth-order valence-corrected chi connectivity index (χ4v) is 1.80. The standard InChI is InChI=1S/C14H24BrFO4/c1-3-5-7-9-19-13(17)11(15)12(16)14(18)20-10-8-6-4-2/h11-12H,3-10H2,1-2H3/t11-,12-/m1/s1. The van der Waals surface area contributed by atoms with Crippen LogP contribution in [0.2, 0.25) is 0 Å². The summed E-state index contributed by atoms with van der Waals surface area (Å²) in [5.74, 6) is -1.78. The van der Waals surface area contributed by atoms with Crippen LogP contribution in [0.3, 0.4) is 0 Å². The molecule has 0 rings (SSSR count). The number of carbonyl (C=O) groups is 2. The Labute approximate surface area is 128 Å². The van der Waals surface area contributed by atoms with Crippen molar-refractivity contribution in [3.05, 3.63) is 0 Å². The number of hydrogen-bond donors (Lipinski definition) is 0.